The third-order valence-electron chi connectivity index (χ3n) is 10.1. The molecule has 0 bridgehead atoms. The van der Waals surface area contributed by atoms with Crippen LogP contribution in [0.3, 0.4) is 0 Å². The van der Waals surface area contributed by atoms with Gasteiger partial charge in [0.1, 0.15) is 13.2 Å². The maximum absolute atomic E-state index is 12.7. The van der Waals surface area contributed by atoms with Crippen LogP contribution in [0.15, 0.2) is 85.1 Å². The van der Waals surface area contributed by atoms with Crippen LogP contribution in [0.4, 0.5) is 0 Å². The van der Waals surface area contributed by atoms with Gasteiger partial charge in [-0.3, -0.25) is 14.4 Å². The Morgan fingerprint density at radius 2 is 0.667 bits per heavy atom. The molecule has 0 saturated carbocycles. The average molecular weight is 835 g/mol. The van der Waals surface area contributed by atoms with E-state index < -0.39 is 6.10 Å². The molecule has 0 amide bonds. The summed E-state index contributed by atoms with van der Waals surface area (Å²) in [6.07, 6.45) is 61.4. The van der Waals surface area contributed by atoms with Gasteiger partial charge in [0.15, 0.2) is 6.10 Å². The van der Waals surface area contributed by atoms with Crippen molar-refractivity contribution in [1.29, 1.82) is 0 Å². The summed E-state index contributed by atoms with van der Waals surface area (Å²) in [7, 11) is 0. The molecule has 1 atom stereocenters. The van der Waals surface area contributed by atoms with Crippen LogP contribution in [0.25, 0.3) is 0 Å². The van der Waals surface area contributed by atoms with Gasteiger partial charge in [-0.05, 0) is 89.9 Å². The molecular weight excluding hydrogens is 745 g/mol. The molecule has 0 aliphatic rings. The lowest BCUT2D eigenvalue weighted by atomic mass is 10.1. The number of carbonyl (C=O) groups is 3. The minimum absolute atomic E-state index is 0.0932. The maximum atomic E-state index is 12.7. The molecule has 0 spiro atoms. The van der Waals surface area contributed by atoms with Gasteiger partial charge in [-0.15, -0.1) is 0 Å². The Kier molecular flexibility index (Phi) is 45.5. The minimum atomic E-state index is -0.795. The summed E-state index contributed by atoms with van der Waals surface area (Å²) in [4.78, 5) is 37.8. The summed E-state index contributed by atoms with van der Waals surface area (Å²) in [5, 5.41) is 0. The molecule has 1 unspecified atom stereocenters. The molecule has 342 valence electrons. The number of carbonyl (C=O) groups excluding carboxylic acids is 3. The molecule has 0 aromatic carbocycles. The van der Waals surface area contributed by atoms with E-state index in [0.717, 1.165) is 109 Å². The summed E-state index contributed by atoms with van der Waals surface area (Å²) in [5.74, 6) is -0.954. The number of esters is 3. The van der Waals surface area contributed by atoms with Crippen molar-refractivity contribution in [2.75, 3.05) is 13.2 Å². The van der Waals surface area contributed by atoms with E-state index in [1.807, 2.05) is 0 Å². The van der Waals surface area contributed by atoms with Crippen molar-refractivity contribution in [1.82, 2.24) is 0 Å². The van der Waals surface area contributed by atoms with E-state index in [1.165, 1.54) is 70.6 Å². The van der Waals surface area contributed by atoms with Crippen molar-refractivity contribution in [3.63, 3.8) is 0 Å². The second kappa shape index (κ2) is 48.3. The van der Waals surface area contributed by atoms with E-state index in [-0.39, 0.29) is 31.1 Å². The predicted octanol–water partition coefficient (Wildman–Crippen LogP) is 16.0. The topological polar surface area (TPSA) is 78.9 Å². The van der Waals surface area contributed by atoms with Crippen molar-refractivity contribution in [3.8, 4) is 0 Å². The second-order valence-electron chi connectivity index (χ2n) is 16.0. The molecule has 0 saturated heterocycles. The Balaban J connectivity index is 4.41. The summed E-state index contributed by atoms with van der Waals surface area (Å²) in [5.41, 5.74) is 0. The lowest BCUT2D eigenvalue weighted by Gasteiger charge is -2.18. The monoisotopic (exact) mass is 835 g/mol. The minimum Gasteiger partial charge on any atom is -0.462 e. The SMILES string of the molecule is CC/C=C\C/C=C\C/C=C\C/C=C\C/C=C\C/C=C\CCCCC(=O)OCC(COC(=O)CCCCCCCCCCCC)OC(=O)CCCCCCC/C=C\CCCC. The highest BCUT2D eigenvalue weighted by Gasteiger charge is 2.19. The van der Waals surface area contributed by atoms with Crippen molar-refractivity contribution in [2.45, 2.75) is 226 Å². The highest BCUT2D eigenvalue weighted by Crippen LogP contribution is 2.13. The second-order valence-corrected chi connectivity index (χ2v) is 16.0. The Bertz CT molecular complexity index is 1190. The molecule has 0 aromatic rings. The smallest absolute Gasteiger partial charge is 0.306 e. The van der Waals surface area contributed by atoms with E-state index in [1.54, 1.807) is 0 Å². The number of unbranched alkanes of at least 4 members (excludes halogenated alkanes) is 18. The normalized spacial score (nSPS) is 12.8. The summed E-state index contributed by atoms with van der Waals surface area (Å²) in [6, 6.07) is 0. The molecule has 0 aromatic heterocycles. The molecule has 6 heteroatoms. The molecular formula is C54H90O6. The molecule has 0 fully saturated rings. The van der Waals surface area contributed by atoms with E-state index in [2.05, 4.69) is 106 Å². The fraction of sp³-hybridized carbons (Fsp3) is 0.685. The van der Waals surface area contributed by atoms with Crippen LogP contribution in [-0.4, -0.2) is 37.2 Å². The largest absolute Gasteiger partial charge is 0.462 e. The van der Waals surface area contributed by atoms with Gasteiger partial charge in [-0.25, -0.2) is 0 Å². The standard InChI is InChI=1S/C54H90O6/c1-4-7-10-13-16-19-22-23-24-25-26-27-28-29-30-31-33-35-38-41-44-47-53(56)59-50-51(49-58-52(55)46-43-40-37-34-21-18-15-12-9-6-3)60-54(57)48-45-42-39-36-32-20-17-14-11-8-5-2/h7,10,14,16-17,19,23-24,26-27,29-30,33,35,51H,4-6,8-9,11-13,15,18,20-22,25,28,31-32,34,36-50H2,1-3H3/b10-7-,17-14-,19-16-,24-23-,27-26-,30-29-,35-33-. The van der Waals surface area contributed by atoms with Crippen LogP contribution >= 0.6 is 0 Å². The first-order valence-electron chi connectivity index (χ1n) is 24.6. The van der Waals surface area contributed by atoms with Gasteiger partial charge >= 0.3 is 17.9 Å². The molecule has 0 radical (unpaired) electrons. The number of rotatable bonds is 43. The van der Waals surface area contributed by atoms with Gasteiger partial charge in [0.2, 0.25) is 0 Å². The Morgan fingerprint density at radius 3 is 1.12 bits per heavy atom. The van der Waals surface area contributed by atoms with E-state index in [9.17, 15) is 14.4 Å². The van der Waals surface area contributed by atoms with Crippen LogP contribution in [0, 0.1) is 0 Å². The highest BCUT2D eigenvalue weighted by molar-refractivity contribution is 5.71. The van der Waals surface area contributed by atoms with Crippen LogP contribution in [-0.2, 0) is 28.6 Å². The van der Waals surface area contributed by atoms with Crippen molar-refractivity contribution < 1.29 is 28.6 Å². The molecule has 0 heterocycles. The van der Waals surface area contributed by atoms with Crippen molar-refractivity contribution >= 4 is 17.9 Å². The van der Waals surface area contributed by atoms with Crippen LogP contribution in [0.1, 0.15) is 220 Å². The van der Waals surface area contributed by atoms with Gasteiger partial charge < -0.3 is 14.2 Å². The molecule has 0 N–H and O–H groups in total. The first-order chi connectivity index (χ1) is 29.5. The summed E-state index contributed by atoms with van der Waals surface area (Å²) >= 11 is 0. The van der Waals surface area contributed by atoms with Gasteiger partial charge in [0.05, 0.1) is 0 Å². The Labute approximate surface area is 369 Å². The fourth-order valence-electron chi connectivity index (χ4n) is 6.42. The number of allylic oxidation sites excluding steroid dienone is 14. The van der Waals surface area contributed by atoms with Gasteiger partial charge in [0, 0.05) is 19.3 Å². The van der Waals surface area contributed by atoms with E-state index >= 15 is 0 Å². The lowest BCUT2D eigenvalue weighted by molar-refractivity contribution is -0.167. The molecule has 0 aliphatic heterocycles. The maximum Gasteiger partial charge on any atom is 0.306 e. The third-order valence-corrected chi connectivity index (χ3v) is 10.1. The van der Waals surface area contributed by atoms with Crippen molar-refractivity contribution in [2.24, 2.45) is 0 Å². The van der Waals surface area contributed by atoms with E-state index in [4.69, 9.17) is 14.2 Å². The quantitative estimate of drug-likeness (QED) is 0.0263. The Hall–Kier alpha value is -3.41. The third kappa shape index (κ3) is 45.7. The summed E-state index contributed by atoms with van der Waals surface area (Å²) in [6.45, 7) is 6.41. The molecule has 6 nitrogen and oxygen atoms in total. The fourth-order valence-corrected chi connectivity index (χ4v) is 6.42. The van der Waals surface area contributed by atoms with Gasteiger partial charge in [0.25, 0.3) is 0 Å². The van der Waals surface area contributed by atoms with Crippen LogP contribution in [0.5, 0.6) is 0 Å². The number of hydrogen-bond donors (Lipinski definition) is 0. The first kappa shape index (κ1) is 56.6. The zero-order valence-corrected chi connectivity index (χ0v) is 38.9. The number of hydrogen-bond acceptors (Lipinski definition) is 6. The van der Waals surface area contributed by atoms with E-state index in [0.29, 0.717) is 19.3 Å². The molecule has 60 heavy (non-hydrogen) atoms. The average Bonchev–Trinajstić information content (AvgIpc) is 3.24. The lowest BCUT2D eigenvalue weighted by Crippen LogP contribution is -2.30. The zero-order valence-electron chi connectivity index (χ0n) is 38.9. The van der Waals surface area contributed by atoms with Crippen LogP contribution < -0.4 is 0 Å². The first-order valence-corrected chi connectivity index (χ1v) is 24.6. The van der Waals surface area contributed by atoms with Gasteiger partial charge in [-0.1, -0.05) is 196 Å². The highest BCUT2D eigenvalue weighted by atomic mass is 16.6. The zero-order chi connectivity index (χ0) is 43.7. The molecule has 0 rings (SSSR count). The van der Waals surface area contributed by atoms with Crippen LogP contribution in [0.2, 0.25) is 0 Å². The Morgan fingerprint density at radius 1 is 0.350 bits per heavy atom. The predicted molar refractivity (Wildman–Crippen MR) is 256 cm³/mol. The molecule has 0 aliphatic carbocycles. The summed E-state index contributed by atoms with van der Waals surface area (Å²) < 4.78 is 16.7. The van der Waals surface area contributed by atoms with Crippen molar-refractivity contribution in [3.05, 3.63) is 85.1 Å². The number of ether oxygens (including phenoxy) is 3. The van der Waals surface area contributed by atoms with Gasteiger partial charge in [-0.2, -0.15) is 0 Å².